The highest BCUT2D eigenvalue weighted by atomic mass is 32.2. The number of hydrogen-bond acceptors (Lipinski definition) is 5. The van der Waals surface area contributed by atoms with Crippen molar-refractivity contribution in [3.63, 3.8) is 0 Å². The number of anilines is 1. The lowest BCUT2D eigenvalue weighted by atomic mass is 9.97. The topological polar surface area (TPSA) is 110 Å². The van der Waals surface area contributed by atoms with E-state index < -0.39 is 26.9 Å². The maximum Gasteiger partial charge on any atom is 0.271 e. The van der Waals surface area contributed by atoms with Crippen molar-refractivity contribution in [2.75, 3.05) is 10.6 Å². The number of benzene rings is 2. The maximum atomic E-state index is 13.1. The van der Waals surface area contributed by atoms with E-state index in [1.54, 1.807) is 6.92 Å². The molecule has 8 nitrogen and oxygen atoms in total. The number of nitro groups is 1. The van der Waals surface area contributed by atoms with Gasteiger partial charge in [-0.25, -0.2) is 8.42 Å². The van der Waals surface area contributed by atoms with Crippen molar-refractivity contribution < 1.29 is 18.1 Å². The van der Waals surface area contributed by atoms with Crippen molar-refractivity contribution >= 4 is 27.3 Å². The third-order valence-corrected chi connectivity index (χ3v) is 6.48. The molecule has 0 heterocycles. The molecule has 0 unspecified atom stereocenters. The third kappa shape index (κ3) is 5.61. The van der Waals surface area contributed by atoms with Gasteiger partial charge in [-0.05, 0) is 50.8 Å². The van der Waals surface area contributed by atoms with Crippen molar-refractivity contribution in [3.8, 4) is 0 Å². The summed E-state index contributed by atoms with van der Waals surface area (Å²) in [4.78, 5) is 23.7. The molecule has 0 spiro atoms. The minimum absolute atomic E-state index is 0.110. The Labute approximate surface area is 183 Å². The SMILES string of the molecule is CC[C@H](NC(=O)[C@@H](C)N(c1cc([N+](=O)[O-])ccc1C)S(C)(=O)=O)c1ccc(C)cc1C. The van der Waals surface area contributed by atoms with Gasteiger partial charge in [-0.15, -0.1) is 0 Å². The zero-order valence-corrected chi connectivity index (χ0v) is 19.5. The second kappa shape index (κ2) is 9.47. The molecule has 2 atom stereocenters. The number of rotatable bonds is 8. The van der Waals surface area contributed by atoms with Crippen molar-refractivity contribution in [1.82, 2.24) is 5.32 Å². The van der Waals surface area contributed by atoms with E-state index in [-0.39, 0.29) is 17.4 Å². The van der Waals surface area contributed by atoms with Crippen LogP contribution in [0.25, 0.3) is 0 Å². The molecular formula is C22H29N3O5S. The minimum Gasteiger partial charge on any atom is -0.347 e. The monoisotopic (exact) mass is 447 g/mol. The molecule has 31 heavy (non-hydrogen) atoms. The van der Waals surface area contributed by atoms with Gasteiger partial charge in [-0.2, -0.15) is 0 Å². The fraction of sp³-hybridized carbons (Fsp3) is 0.409. The Hall–Kier alpha value is -2.94. The van der Waals surface area contributed by atoms with Gasteiger partial charge in [0.2, 0.25) is 15.9 Å². The summed E-state index contributed by atoms with van der Waals surface area (Å²) in [7, 11) is -3.90. The molecule has 0 aromatic heterocycles. The number of nitro benzene ring substituents is 1. The quantitative estimate of drug-likeness (QED) is 0.487. The molecule has 0 radical (unpaired) electrons. The normalized spacial score (nSPS) is 13.4. The average molecular weight is 448 g/mol. The Balaban J connectivity index is 2.42. The van der Waals surface area contributed by atoms with Crippen LogP contribution in [0.3, 0.4) is 0 Å². The molecule has 0 saturated heterocycles. The van der Waals surface area contributed by atoms with Crippen LogP contribution in [0.5, 0.6) is 0 Å². The molecule has 0 bridgehead atoms. The number of non-ortho nitro benzene ring substituents is 1. The van der Waals surface area contributed by atoms with Crippen LogP contribution in [0.15, 0.2) is 36.4 Å². The highest BCUT2D eigenvalue weighted by Gasteiger charge is 2.32. The summed E-state index contributed by atoms with van der Waals surface area (Å²) in [6, 6.07) is 8.53. The van der Waals surface area contributed by atoms with Gasteiger partial charge in [0.15, 0.2) is 0 Å². The standard InChI is InChI=1S/C22H29N3O5S/c1-7-20(19-11-8-14(2)12-16(19)4)23-22(26)17(5)24(31(6,29)30)21-13-18(25(27)28)10-9-15(21)3/h8-13,17,20H,7H2,1-6H3,(H,23,26)/t17-,20+/m1/s1. The van der Waals surface area contributed by atoms with Gasteiger partial charge in [0, 0.05) is 12.1 Å². The average Bonchev–Trinajstić information content (AvgIpc) is 2.66. The molecule has 2 rings (SSSR count). The number of aryl methyl sites for hydroxylation is 3. The van der Waals surface area contributed by atoms with Crippen LogP contribution in [0, 0.1) is 30.9 Å². The Morgan fingerprint density at radius 1 is 1.13 bits per heavy atom. The van der Waals surface area contributed by atoms with Crippen molar-refractivity contribution in [1.29, 1.82) is 0 Å². The number of sulfonamides is 1. The van der Waals surface area contributed by atoms with E-state index in [0.717, 1.165) is 27.3 Å². The van der Waals surface area contributed by atoms with Crippen LogP contribution in [-0.2, 0) is 14.8 Å². The largest absolute Gasteiger partial charge is 0.347 e. The first-order valence-corrected chi connectivity index (χ1v) is 11.8. The van der Waals surface area contributed by atoms with Crippen molar-refractivity contribution in [3.05, 3.63) is 68.8 Å². The van der Waals surface area contributed by atoms with E-state index in [1.165, 1.54) is 25.1 Å². The summed E-state index contributed by atoms with van der Waals surface area (Å²) in [6.45, 7) is 9.02. The molecule has 2 aromatic carbocycles. The Morgan fingerprint density at radius 3 is 2.29 bits per heavy atom. The van der Waals surface area contributed by atoms with Gasteiger partial charge in [0.25, 0.3) is 5.69 Å². The lowest BCUT2D eigenvalue weighted by Gasteiger charge is -2.31. The molecule has 0 fully saturated rings. The van der Waals surface area contributed by atoms with Gasteiger partial charge in [0.05, 0.1) is 22.9 Å². The predicted molar refractivity (Wildman–Crippen MR) is 122 cm³/mol. The van der Waals surface area contributed by atoms with Crippen LogP contribution in [0.1, 0.15) is 48.6 Å². The Bertz CT molecular complexity index is 1100. The second-order valence-corrected chi connectivity index (χ2v) is 9.65. The molecular weight excluding hydrogens is 418 g/mol. The molecule has 0 aliphatic rings. The van der Waals surface area contributed by atoms with E-state index in [4.69, 9.17) is 0 Å². The molecule has 0 aliphatic carbocycles. The highest BCUT2D eigenvalue weighted by molar-refractivity contribution is 7.92. The first-order chi connectivity index (χ1) is 14.4. The van der Waals surface area contributed by atoms with Gasteiger partial charge in [0.1, 0.15) is 6.04 Å². The second-order valence-electron chi connectivity index (χ2n) is 7.79. The predicted octanol–water partition coefficient (Wildman–Crippen LogP) is 3.94. The zero-order valence-electron chi connectivity index (χ0n) is 18.7. The Kier molecular flexibility index (Phi) is 7.43. The molecule has 2 aromatic rings. The van der Waals surface area contributed by atoms with E-state index >= 15 is 0 Å². The number of nitrogens with one attached hydrogen (secondary N) is 1. The smallest absolute Gasteiger partial charge is 0.271 e. The van der Waals surface area contributed by atoms with Gasteiger partial charge < -0.3 is 5.32 Å². The number of amides is 1. The van der Waals surface area contributed by atoms with Crippen molar-refractivity contribution in [2.24, 2.45) is 0 Å². The van der Waals surface area contributed by atoms with Crippen molar-refractivity contribution in [2.45, 2.75) is 53.1 Å². The van der Waals surface area contributed by atoms with Gasteiger partial charge in [-0.1, -0.05) is 36.8 Å². The van der Waals surface area contributed by atoms with Crippen LogP contribution in [0.2, 0.25) is 0 Å². The molecule has 9 heteroatoms. The van der Waals surface area contributed by atoms with Crippen LogP contribution in [0.4, 0.5) is 11.4 Å². The first kappa shape index (κ1) is 24.3. The summed E-state index contributed by atoms with van der Waals surface area (Å²) in [5, 5.41) is 14.1. The summed E-state index contributed by atoms with van der Waals surface area (Å²) in [5.74, 6) is -0.483. The molecule has 1 amide bonds. The first-order valence-electron chi connectivity index (χ1n) is 9.98. The summed E-state index contributed by atoms with van der Waals surface area (Å²) < 4.78 is 26.2. The summed E-state index contributed by atoms with van der Waals surface area (Å²) in [5.41, 5.74) is 3.49. The molecule has 0 saturated carbocycles. The number of carbonyl (C=O) groups is 1. The lowest BCUT2D eigenvalue weighted by Crippen LogP contribution is -2.49. The van der Waals surface area contributed by atoms with Crippen LogP contribution < -0.4 is 9.62 Å². The minimum atomic E-state index is -3.90. The number of nitrogens with zero attached hydrogens (tertiary/aromatic N) is 2. The molecule has 0 aliphatic heterocycles. The lowest BCUT2D eigenvalue weighted by molar-refractivity contribution is -0.384. The van der Waals surface area contributed by atoms with Crippen LogP contribution >= 0.6 is 0 Å². The molecule has 168 valence electrons. The zero-order chi connectivity index (χ0) is 23.5. The summed E-state index contributed by atoms with van der Waals surface area (Å²) in [6.07, 6.45) is 1.60. The van der Waals surface area contributed by atoms with E-state index in [2.05, 4.69) is 5.32 Å². The summed E-state index contributed by atoms with van der Waals surface area (Å²) >= 11 is 0. The number of carbonyl (C=O) groups excluding carboxylic acids is 1. The maximum absolute atomic E-state index is 13.1. The fourth-order valence-corrected chi connectivity index (χ4v) is 4.86. The fourth-order valence-electron chi connectivity index (χ4n) is 3.64. The van der Waals surface area contributed by atoms with E-state index in [1.807, 2.05) is 39.0 Å². The third-order valence-electron chi connectivity index (χ3n) is 5.25. The van der Waals surface area contributed by atoms with Crippen LogP contribution in [-0.4, -0.2) is 31.5 Å². The van der Waals surface area contributed by atoms with E-state index in [9.17, 15) is 23.3 Å². The van der Waals surface area contributed by atoms with Gasteiger partial charge in [-0.3, -0.25) is 19.2 Å². The van der Waals surface area contributed by atoms with Gasteiger partial charge >= 0.3 is 0 Å². The number of hydrogen-bond donors (Lipinski definition) is 1. The Morgan fingerprint density at radius 2 is 1.77 bits per heavy atom. The van der Waals surface area contributed by atoms with E-state index in [0.29, 0.717) is 12.0 Å². The molecule has 1 N–H and O–H groups in total. The highest BCUT2D eigenvalue weighted by Crippen LogP contribution is 2.30.